The zero-order valence-corrected chi connectivity index (χ0v) is 21.4. The number of amides is 3. The van der Waals surface area contributed by atoms with Crippen molar-refractivity contribution in [2.75, 3.05) is 23.3 Å². The largest absolute Gasteiger partial charge is 0.363 e. The Bertz CT molecular complexity index is 1290. The minimum Gasteiger partial charge on any atom is -0.363 e. The summed E-state index contributed by atoms with van der Waals surface area (Å²) in [5.41, 5.74) is 3.12. The highest BCUT2D eigenvalue weighted by molar-refractivity contribution is 8.18. The highest BCUT2D eigenvalue weighted by Gasteiger charge is 2.37. The number of allylic oxidation sites excluding steroid dienone is 1. The molecular weight excluding hydrogens is 489 g/mol. The number of nitrogens with one attached hydrogen (secondary N) is 1. The minimum atomic E-state index is -0.632. The Morgan fingerprint density at radius 2 is 1.89 bits per heavy atom. The van der Waals surface area contributed by atoms with Crippen LogP contribution in [0.4, 0.5) is 20.6 Å². The molecule has 0 spiro atoms. The van der Waals surface area contributed by atoms with E-state index in [-0.39, 0.29) is 16.0 Å². The van der Waals surface area contributed by atoms with Crippen LogP contribution in [0.1, 0.15) is 38.8 Å². The summed E-state index contributed by atoms with van der Waals surface area (Å²) in [6.07, 6.45) is 3.51. The number of carbonyl (C=O) groups excluding carboxylic acids is 3. The molecule has 2 aliphatic heterocycles. The van der Waals surface area contributed by atoms with Crippen molar-refractivity contribution in [3.63, 3.8) is 0 Å². The van der Waals surface area contributed by atoms with E-state index in [4.69, 9.17) is 11.6 Å². The summed E-state index contributed by atoms with van der Waals surface area (Å²) in [6.45, 7) is 8.41. The molecule has 2 heterocycles. The van der Waals surface area contributed by atoms with E-state index >= 15 is 4.39 Å². The Morgan fingerprint density at radius 3 is 2.54 bits per heavy atom. The molecule has 0 aromatic heterocycles. The number of benzene rings is 2. The second-order valence-corrected chi connectivity index (χ2v) is 10.4. The molecule has 0 saturated carbocycles. The lowest BCUT2D eigenvalue weighted by molar-refractivity contribution is -0.127. The first kappa shape index (κ1) is 25.0. The quantitative estimate of drug-likeness (QED) is 0.484. The minimum absolute atomic E-state index is 0.0678. The van der Waals surface area contributed by atoms with E-state index in [0.29, 0.717) is 29.0 Å². The van der Waals surface area contributed by atoms with Crippen molar-refractivity contribution >= 4 is 63.4 Å². The van der Waals surface area contributed by atoms with Gasteiger partial charge in [0.15, 0.2) is 0 Å². The number of nitrogens with zero attached hydrogens (tertiary/aromatic N) is 2. The van der Waals surface area contributed by atoms with E-state index in [1.54, 1.807) is 30.3 Å². The fraction of sp³-hybridized carbons (Fsp3) is 0.269. The molecule has 182 valence electrons. The molecule has 1 N–H and O–H groups in total. The number of fused-ring (bicyclic) bond motifs is 1. The smallest absolute Gasteiger partial charge is 0.294 e. The maximum absolute atomic E-state index is 15.1. The van der Waals surface area contributed by atoms with E-state index in [9.17, 15) is 14.4 Å². The van der Waals surface area contributed by atoms with Gasteiger partial charge in [-0.05, 0) is 87.5 Å². The van der Waals surface area contributed by atoms with E-state index in [1.807, 2.05) is 13.8 Å². The Hall–Kier alpha value is -3.10. The molecule has 0 radical (unpaired) electrons. The SMILES string of the molecule is CCN1c2cc(F)c(/C=C3/SC(=O)N(CC(=O)Nc4ccc(Cl)cc4)C3=O)cc2C(C)=CC1(C)C. The molecule has 0 aliphatic carbocycles. The van der Waals surface area contributed by atoms with Crippen molar-refractivity contribution in [2.45, 2.75) is 33.2 Å². The first-order valence-corrected chi connectivity index (χ1v) is 12.3. The van der Waals surface area contributed by atoms with Gasteiger partial charge in [-0.3, -0.25) is 19.3 Å². The summed E-state index contributed by atoms with van der Waals surface area (Å²) >= 11 is 6.53. The van der Waals surface area contributed by atoms with Gasteiger partial charge in [0.05, 0.1) is 10.4 Å². The summed E-state index contributed by atoms with van der Waals surface area (Å²) in [5.74, 6) is -1.65. The fourth-order valence-electron chi connectivity index (χ4n) is 4.46. The van der Waals surface area contributed by atoms with Crippen molar-refractivity contribution < 1.29 is 18.8 Å². The number of carbonyl (C=O) groups is 3. The van der Waals surface area contributed by atoms with Gasteiger partial charge in [0.25, 0.3) is 11.1 Å². The normalized spacial score (nSPS) is 18.1. The zero-order valence-electron chi connectivity index (χ0n) is 19.8. The predicted molar refractivity (Wildman–Crippen MR) is 140 cm³/mol. The number of anilines is 2. The van der Waals surface area contributed by atoms with Gasteiger partial charge in [-0.25, -0.2) is 4.39 Å². The Kier molecular flexibility index (Phi) is 6.79. The van der Waals surface area contributed by atoms with Crippen molar-refractivity contribution in [1.29, 1.82) is 0 Å². The standard InChI is InChI=1S/C26H25ClFN3O3S/c1-5-31-21-12-20(28)16(10-19(21)15(2)13-26(31,3)4)11-22-24(33)30(25(34)35-22)14-23(32)29-18-8-6-17(27)7-9-18/h6-13H,5,14H2,1-4H3,(H,29,32)/b22-11+. The third-order valence-electron chi connectivity index (χ3n) is 6.00. The summed E-state index contributed by atoms with van der Waals surface area (Å²) in [4.78, 5) is 40.8. The maximum atomic E-state index is 15.1. The number of likely N-dealkylation sites (N-methyl/N-ethyl adjacent to an activating group) is 1. The van der Waals surface area contributed by atoms with Gasteiger partial charge >= 0.3 is 0 Å². The molecule has 1 fully saturated rings. The molecule has 9 heteroatoms. The van der Waals surface area contributed by atoms with Gasteiger partial charge < -0.3 is 10.2 Å². The van der Waals surface area contributed by atoms with Gasteiger partial charge in [-0.2, -0.15) is 0 Å². The molecular formula is C26H25ClFN3O3S. The topological polar surface area (TPSA) is 69.7 Å². The molecule has 0 bridgehead atoms. The molecule has 3 amide bonds. The lowest BCUT2D eigenvalue weighted by Gasteiger charge is -2.42. The van der Waals surface area contributed by atoms with E-state index in [1.165, 1.54) is 12.1 Å². The second kappa shape index (κ2) is 9.51. The van der Waals surface area contributed by atoms with Crippen molar-refractivity contribution in [3.8, 4) is 0 Å². The van der Waals surface area contributed by atoms with E-state index < -0.39 is 29.4 Å². The van der Waals surface area contributed by atoms with Crippen molar-refractivity contribution in [3.05, 3.63) is 69.3 Å². The van der Waals surface area contributed by atoms with Crippen LogP contribution in [0, 0.1) is 5.82 Å². The van der Waals surface area contributed by atoms with Crippen molar-refractivity contribution in [1.82, 2.24) is 4.90 Å². The molecule has 1 saturated heterocycles. The van der Waals surface area contributed by atoms with Gasteiger partial charge in [-0.15, -0.1) is 0 Å². The molecule has 6 nitrogen and oxygen atoms in total. The molecule has 0 unspecified atom stereocenters. The Labute approximate surface area is 212 Å². The third kappa shape index (κ3) is 4.99. The first-order valence-electron chi connectivity index (χ1n) is 11.1. The number of rotatable bonds is 5. The van der Waals surface area contributed by atoms with Crippen molar-refractivity contribution in [2.24, 2.45) is 0 Å². The number of hydrogen-bond acceptors (Lipinski definition) is 5. The summed E-state index contributed by atoms with van der Waals surface area (Å²) in [7, 11) is 0. The highest BCUT2D eigenvalue weighted by Crippen LogP contribution is 2.41. The maximum Gasteiger partial charge on any atom is 0.294 e. The van der Waals surface area contributed by atoms with Gasteiger partial charge in [-0.1, -0.05) is 17.7 Å². The van der Waals surface area contributed by atoms with Crippen LogP contribution in [-0.4, -0.2) is 40.6 Å². The number of halogens is 2. The molecule has 0 atom stereocenters. The summed E-state index contributed by atoms with van der Waals surface area (Å²) in [6, 6.07) is 9.64. The zero-order chi connectivity index (χ0) is 25.5. The monoisotopic (exact) mass is 513 g/mol. The summed E-state index contributed by atoms with van der Waals surface area (Å²) < 4.78 is 15.1. The van der Waals surface area contributed by atoms with Crippen LogP contribution in [0.15, 0.2) is 47.4 Å². The van der Waals surface area contributed by atoms with E-state index in [2.05, 4.69) is 30.1 Å². The van der Waals surface area contributed by atoms with Gasteiger partial charge in [0.2, 0.25) is 5.91 Å². The lowest BCUT2D eigenvalue weighted by Crippen LogP contribution is -2.45. The van der Waals surface area contributed by atoms with Gasteiger partial charge in [0, 0.05) is 34.1 Å². The number of imide groups is 1. The first-order chi connectivity index (χ1) is 16.5. The predicted octanol–water partition coefficient (Wildman–Crippen LogP) is 6.18. The highest BCUT2D eigenvalue weighted by atomic mass is 35.5. The summed E-state index contributed by atoms with van der Waals surface area (Å²) in [5, 5.41) is 2.56. The van der Waals surface area contributed by atoms with Crippen LogP contribution in [0.2, 0.25) is 5.02 Å². The molecule has 35 heavy (non-hydrogen) atoms. The fourth-order valence-corrected chi connectivity index (χ4v) is 5.41. The second-order valence-electron chi connectivity index (χ2n) is 8.94. The van der Waals surface area contributed by atoms with Crippen LogP contribution in [0.3, 0.4) is 0 Å². The number of thioether (sulfide) groups is 1. The van der Waals surface area contributed by atoms with Crippen LogP contribution in [0.5, 0.6) is 0 Å². The molecule has 4 rings (SSSR count). The molecule has 2 aliphatic rings. The number of hydrogen-bond donors (Lipinski definition) is 1. The Balaban J connectivity index is 1.56. The Morgan fingerprint density at radius 1 is 1.20 bits per heavy atom. The van der Waals surface area contributed by atoms with Crippen LogP contribution < -0.4 is 10.2 Å². The van der Waals surface area contributed by atoms with Gasteiger partial charge in [0.1, 0.15) is 12.4 Å². The van der Waals surface area contributed by atoms with Crippen LogP contribution in [-0.2, 0) is 9.59 Å². The van der Waals surface area contributed by atoms with E-state index in [0.717, 1.165) is 21.7 Å². The average Bonchev–Trinajstić information content (AvgIpc) is 3.03. The van der Waals surface area contributed by atoms with Crippen LogP contribution >= 0.6 is 23.4 Å². The van der Waals surface area contributed by atoms with Crippen LogP contribution in [0.25, 0.3) is 11.6 Å². The third-order valence-corrected chi connectivity index (χ3v) is 7.16. The lowest BCUT2D eigenvalue weighted by atomic mass is 9.88. The molecule has 2 aromatic carbocycles. The average molecular weight is 514 g/mol. The molecule has 2 aromatic rings.